The summed E-state index contributed by atoms with van der Waals surface area (Å²) in [5, 5.41) is 0. The maximum Gasteiger partial charge on any atom is 0.236 e. The predicted octanol–water partition coefficient (Wildman–Crippen LogP) is 3.12. The second kappa shape index (κ2) is 6.61. The van der Waals surface area contributed by atoms with Crippen LogP contribution in [0.2, 0.25) is 0 Å². The molecule has 0 radical (unpaired) electrons. The topological polar surface area (TPSA) is 23.6 Å². The molecule has 1 aromatic carbocycles. The van der Waals surface area contributed by atoms with Crippen LogP contribution in [0.3, 0.4) is 0 Å². The molecular formula is C18H30N2O. The number of amides is 1. The highest BCUT2D eigenvalue weighted by Gasteiger charge is 2.17. The monoisotopic (exact) mass is 290 g/mol. The molecule has 21 heavy (non-hydrogen) atoms. The largest absolute Gasteiger partial charge is 0.348 e. The molecule has 1 amide bonds. The van der Waals surface area contributed by atoms with Gasteiger partial charge in [0.05, 0.1) is 6.54 Å². The molecule has 3 heteroatoms. The van der Waals surface area contributed by atoms with Crippen molar-refractivity contribution >= 4 is 5.91 Å². The van der Waals surface area contributed by atoms with Crippen LogP contribution in [0.15, 0.2) is 12.1 Å². The molecule has 0 heterocycles. The summed E-state index contributed by atoms with van der Waals surface area (Å²) >= 11 is 0. The third kappa shape index (κ3) is 4.85. The SMILES string of the molecule is Cc1cc(C(C)(C)C)cc(C)c1CN(C)CC(=O)N(C)C. The van der Waals surface area contributed by atoms with E-state index in [1.165, 1.54) is 22.3 Å². The third-order valence-corrected chi connectivity index (χ3v) is 3.89. The summed E-state index contributed by atoms with van der Waals surface area (Å²) in [6, 6.07) is 4.56. The number of carbonyl (C=O) groups is 1. The van der Waals surface area contributed by atoms with E-state index in [9.17, 15) is 4.79 Å². The fourth-order valence-corrected chi connectivity index (χ4v) is 2.37. The number of rotatable bonds is 4. The zero-order valence-corrected chi connectivity index (χ0v) is 14.9. The minimum Gasteiger partial charge on any atom is -0.348 e. The highest BCUT2D eigenvalue weighted by atomic mass is 16.2. The first-order valence-electron chi connectivity index (χ1n) is 7.51. The number of benzene rings is 1. The quantitative estimate of drug-likeness (QED) is 0.850. The van der Waals surface area contributed by atoms with Crippen LogP contribution in [0, 0.1) is 13.8 Å². The molecule has 0 aromatic heterocycles. The fraction of sp³-hybridized carbons (Fsp3) is 0.611. The Kier molecular flexibility index (Phi) is 5.57. The molecule has 0 aliphatic rings. The van der Waals surface area contributed by atoms with Crippen LogP contribution >= 0.6 is 0 Å². The molecule has 0 spiro atoms. The molecule has 0 aliphatic heterocycles. The first-order chi connectivity index (χ1) is 9.52. The van der Waals surface area contributed by atoms with Crippen LogP contribution in [0.1, 0.15) is 43.0 Å². The first-order valence-corrected chi connectivity index (χ1v) is 7.51. The molecule has 0 bridgehead atoms. The summed E-state index contributed by atoms with van der Waals surface area (Å²) in [6.45, 7) is 12.3. The van der Waals surface area contributed by atoms with Gasteiger partial charge in [-0.05, 0) is 48.6 Å². The van der Waals surface area contributed by atoms with Crippen LogP contribution in [0.5, 0.6) is 0 Å². The average Bonchev–Trinajstić information content (AvgIpc) is 2.32. The van der Waals surface area contributed by atoms with Crippen molar-refractivity contribution in [3.8, 4) is 0 Å². The molecule has 0 unspecified atom stereocenters. The van der Waals surface area contributed by atoms with Gasteiger partial charge < -0.3 is 4.90 Å². The van der Waals surface area contributed by atoms with E-state index in [4.69, 9.17) is 0 Å². The lowest BCUT2D eigenvalue weighted by Crippen LogP contribution is -2.34. The Morgan fingerprint density at radius 1 is 1.05 bits per heavy atom. The summed E-state index contributed by atoms with van der Waals surface area (Å²) in [5.41, 5.74) is 5.49. The first kappa shape index (κ1) is 17.7. The molecule has 0 N–H and O–H groups in total. The Balaban J connectivity index is 2.92. The predicted molar refractivity (Wildman–Crippen MR) is 89.6 cm³/mol. The Morgan fingerprint density at radius 3 is 1.90 bits per heavy atom. The highest BCUT2D eigenvalue weighted by molar-refractivity contribution is 5.77. The van der Waals surface area contributed by atoms with Crippen molar-refractivity contribution in [3.63, 3.8) is 0 Å². The second-order valence-corrected chi connectivity index (χ2v) is 7.30. The number of carbonyl (C=O) groups excluding carboxylic acids is 1. The number of nitrogens with zero attached hydrogens (tertiary/aromatic N) is 2. The molecule has 3 nitrogen and oxygen atoms in total. The Morgan fingerprint density at radius 2 is 1.52 bits per heavy atom. The van der Waals surface area contributed by atoms with Gasteiger partial charge >= 0.3 is 0 Å². The molecule has 1 rings (SSSR count). The maximum absolute atomic E-state index is 11.8. The van der Waals surface area contributed by atoms with E-state index in [2.05, 4.69) is 51.7 Å². The van der Waals surface area contributed by atoms with Crippen molar-refractivity contribution in [3.05, 3.63) is 34.4 Å². The van der Waals surface area contributed by atoms with Gasteiger partial charge in [-0.3, -0.25) is 9.69 Å². The Bertz CT molecular complexity index is 489. The minimum absolute atomic E-state index is 0.138. The molecule has 0 saturated carbocycles. The van der Waals surface area contributed by atoms with Gasteiger partial charge in [0.25, 0.3) is 0 Å². The van der Waals surface area contributed by atoms with Crippen LogP contribution in [0.25, 0.3) is 0 Å². The van der Waals surface area contributed by atoms with Crippen LogP contribution in [0.4, 0.5) is 0 Å². The van der Waals surface area contributed by atoms with E-state index in [0.29, 0.717) is 6.54 Å². The molecule has 0 aliphatic carbocycles. The van der Waals surface area contributed by atoms with E-state index in [-0.39, 0.29) is 11.3 Å². The van der Waals surface area contributed by atoms with Gasteiger partial charge in [0.1, 0.15) is 0 Å². The molecule has 118 valence electrons. The maximum atomic E-state index is 11.8. The van der Waals surface area contributed by atoms with Gasteiger partial charge in [-0.1, -0.05) is 32.9 Å². The van der Waals surface area contributed by atoms with Gasteiger partial charge in [-0.15, -0.1) is 0 Å². The van der Waals surface area contributed by atoms with E-state index in [1.54, 1.807) is 19.0 Å². The van der Waals surface area contributed by atoms with Crippen LogP contribution < -0.4 is 0 Å². The normalized spacial score (nSPS) is 11.9. The number of likely N-dealkylation sites (N-methyl/N-ethyl adjacent to an activating group) is 2. The Hall–Kier alpha value is -1.35. The lowest BCUT2D eigenvalue weighted by Gasteiger charge is -2.25. The number of hydrogen-bond donors (Lipinski definition) is 0. The van der Waals surface area contributed by atoms with Gasteiger partial charge in [0, 0.05) is 20.6 Å². The summed E-state index contributed by atoms with van der Waals surface area (Å²) in [6.07, 6.45) is 0. The zero-order valence-electron chi connectivity index (χ0n) is 14.9. The molecule has 0 atom stereocenters. The lowest BCUT2D eigenvalue weighted by atomic mass is 9.84. The number of hydrogen-bond acceptors (Lipinski definition) is 2. The van der Waals surface area contributed by atoms with Crippen molar-refractivity contribution in [2.24, 2.45) is 0 Å². The lowest BCUT2D eigenvalue weighted by molar-refractivity contribution is -0.129. The van der Waals surface area contributed by atoms with Crippen molar-refractivity contribution in [2.45, 2.75) is 46.6 Å². The summed E-state index contributed by atoms with van der Waals surface area (Å²) in [4.78, 5) is 15.5. The van der Waals surface area contributed by atoms with Crippen molar-refractivity contribution in [1.82, 2.24) is 9.80 Å². The van der Waals surface area contributed by atoms with Crippen LogP contribution in [-0.2, 0) is 16.8 Å². The number of aryl methyl sites for hydroxylation is 2. The van der Waals surface area contributed by atoms with Crippen molar-refractivity contribution < 1.29 is 4.79 Å². The fourth-order valence-electron chi connectivity index (χ4n) is 2.37. The van der Waals surface area contributed by atoms with Crippen LogP contribution in [-0.4, -0.2) is 43.4 Å². The van der Waals surface area contributed by atoms with E-state index >= 15 is 0 Å². The van der Waals surface area contributed by atoms with Gasteiger partial charge in [0.2, 0.25) is 5.91 Å². The minimum atomic E-state index is 0.138. The average molecular weight is 290 g/mol. The third-order valence-electron chi connectivity index (χ3n) is 3.89. The Labute approximate surface area is 129 Å². The van der Waals surface area contributed by atoms with Crippen molar-refractivity contribution in [1.29, 1.82) is 0 Å². The second-order valence-electron chi connectivity index (χ2n) is 7.30. The smallest absolute Gasteiger partial charge is 0.236 e. The van der Waals surface area contributed by atoms with E-state index < -0.39 is 0 Å². The zero-order chi connectivity index (χ0) is 16.4. The van der Waals surface area contributed by atoms with Crippen molar-refractivity contribution in [2.75, 3.05) is 27.7 Å². The standard InChI is InChI=1S/C18H30N2O/c1-13-9-15(18(3,4)5)10-14(2)16(13)11-20(8)12-17(21)19(6)7/h9-10H,11-12H2,1-8H3. The van der Waals surface area contributed by atoms with E-state index in [1.807, 2.05) is 7.05 Å². The summed E-state index contributed by atoms with van der Waals surface area (Å²) in [5.74, 6) is 0.138. The molecule has 1 aromatic rings. The summed E-state index contributed by atoms with van der Waals surface area (Å²) < 4.78 is 0. The molecular weight excluding hydrogens is 260 g/mol. The van der Waals surface area contributed by atoms with E-state index in [0.717, 1.165) is 6.54 Å². The van der Waals surface area contributed by atoms with Gasteiger partial charge in [-0.25, -0.2) is 0 Å². The molecule has 0 saturated heterocycles. The molecule has 0 fully saturated rings. The summed E-state index contributed by atoms with van der Waals surface area (Å²) in [7, 11) is 5.59. The highest BCUT2D eigenvalue weighted by Crippen LogP contribution is 2.27. The van der Waals surface area contributed by atoms with Gasteiger partial charge in [0.15, 0.2) is 0 Å². The van der Waals surface area contributed by atoms with Gasteiger partial charge in [-0.2, -0.15) is 0 Å².